The number of hydrogen-bond donors (Lipinski definition) is 0. The summed E-state index contributed by atoms with van der Waals surface area (Å²) in [6.07, 6.45) is 6.81. The Hall–Kier alpha value is -1.94. The zero-order valence-corrected chi connectivity index (χ0v) is 14.0. The fraction of sp³-hybridized carbons (Fsp3) is 0.400. The molecule has 0 spiro atoms. The summed E-state index contributed by atoms with van der Waals surface area (Å²) >= 11 is 0. The van der Waals surface area contributed by atoms with Crippen molar-refractivity contribution in [1.82, 2.24) is 4.90 Å². The van der Waals surface area contributed by atoms with E-state index in [0.717, 1.165) is 24.9 Å². The zero-order valence-electron chi connectivity index (χ0n) is 14.0. The molecule has 0 aromatic heterocycles. The van der Waals surface area contributed by atoms with Gasteiger partial charge in [0, 0.05) is 30.4 Å². The van der Waals surface area contributed by atoms with Crippen LogP contribution < -0.4 is 0 Å². The van der Waals surface area contributed by atoms with Gasteiger partial charge in [0.05, 0.1) is 0 Å². The molecule has 0 saturated carbocycles. The monoisotopic (exact) mass is 281 g/mol. The van der Waals surface area contributed by atoms with E-state index in [1.54, 1.807) is 0 Å². The molecule has 3 rings (SSSR count). The first-order valence-electron chi connectivity index (χ1n) is 8.06. The molecular formula is C20H27N. The molecule has 1 aromatic carbocycles. The van der Waals surface area contributed by atoms with E-state index in [4.69, 9.17) is 0 Å². The molecule has 1 heterocycles. The molecule has 21 heavy (non-hydrogen) atoms. The fourth-order valence-corrected chi connectivity index (χ4v) is 2.39. The van der Waals surface area contributed by atoms with Crippen LogP contribution >= 0.6 is 0 Å². The summed E-state index contributed by atoms with van der Waals surface area (Å²) < 4.78 is 0. The van der Waals surface area contributed by atoms with Crippen LogP contribution in [0, 0.1) is 11.8 Å². The van der Waals surface area contributed by atoms with Crippen LogP contribution in [0.4, 0.5) is 0 Å². The van der Waals surface area contributed by atoms with Crippen LogP contribution in [-0.4, -0.2) is 11.9 Å². The summed E-state index contributed by atoms with van der Waals surface area (Å²) in [6.45, 7) is 8.94. The lowest BCUT2D eigenvalue weighted by Gasteiger charge is -2.26. The van der Waals surface area contributed by atoms with Gasteiger partial charge >= 0.3 is 0 Å². The first-order valence-corrected chi connectivity index (χ1v) is 8.06. The third kappa shape index (κ3) is 4.26. The molecule has 0 unspecified atom stereocenters. The Kier molecular flexibility index (Phi) is 7.40. The summed E-state index contributed by atoms with van der Waals surface area (Å²) in [6, 6.07) is 8.41. The number of nitrogens with zero attached hydrogens (tertiary/aromatic N) is 1. The summed E-state index contributed by atoms with van der Waals surface area (Å²) in [5, 5.41) is 0. The van der Waals surface area contributed by atoms with E-state index < -0.39 is 0 Å². The van der Waals surface area contributed by atoms with E-state index in [1.165, 1.54) is 16.8 Å². The minimum atomic E-state index is 0.939. The van der Waals surface area contributed by atoms with Crippen molar-refractivity contribution in [2.24, 2.45) is 0 Å². The van der Waals surface area contributed by atoms with Crippen molar-refractivity contribution in [1.29, 1.82) is 0 Å². The predicted molar refractivity (Wildman–Crippen MR) is 92.9 cm³/mol. The molecule has 0 N–H and O–H groups in total. The van der Waals surface area contributed by atoms with E-state index in [-0.39, 0.29) is 0 Å². The van der Waals surface area contributed by atoms with Gasteiger partial charge in [-0.25, -0.2) is 0 Å². The minimum absolute atomic E-state index is 0.939. The highest BCUT2D eigenvalue weighted by molar-refractivity contribution is 5.53. The molecule has 1 aliphatic heterocycles. The zero-order chi connectivity index (χ0) is 15.7. The van der Waals surface area contributed by atoms with Crippen LogP contribution in [0.1, 0.15) is 51.7 Å². The maximum Gasteiger partial charge on any atom is 0.0482 e. The van der Waals surface area contributed by atoms with E-state index in [2.05, 4.69) is 60.2 Å². The van der Waals surface area contributed by atoms with Crippen molar-refractivity contribution in [3.8, 4) is 11.8 Å². The third-order valence-corrected chi connectivity index (χ3v) is 3.30. The average molecular weight is 281 g/mol. The number of benzene rings is 1. The van der Waals surface area contributed by atoms with Gasteiger partial charge in [-0.15, -0.1) is 0 Å². The van der Waals surface area contributed by atoms with Gasteiger partial charge in [0.1, 0.15) is 0 Å². The highest BCUT2D eigenvalue weighted by Gasteiger charge is 2.15. The van der Waals surface area contributed by atoms with Gasteiger partial charge in [-0.05, 0) is 24.5 Å². The third-order valence-electron chi connectivity index (χ3n) is 3.30. The van der Waals surface area contributed by atoms with Crippen molar-refractivity contribution < 1.29 is 0 Å². The predicted octanol–water partition coefficient (Wildman–Crippen LogP) is 5.14. The average Bonchev–Trinajstić information content (AvgIpc) is 2.56. The van der Waals surface area contributed by atoms with E-state index in [0.29, 0.717) is 0 Å². The van der Waals surface area contributed by atoms with Gasteiger partial charge in [-0.1, -0.05) is 69.9 Å². The number of likely N-dealkylation sites (N-methyl/N-ethyl adjacent to an activating group) is 1. The Balaban J connectivity index is 0.000000510. The number of fused-ring (bicyclic) bond motifs is 2. The van der Waals surface area contributed by atoms with Crippen LogP contribution in [0.2, 0.25) is 0 Å². The Morgan fingerprint density at radius 1 is 0.905 bits per heavy atom. The first kappa shape index (κ1) is 17.1. The van der Waals surface area contributed by atoms with Gasteiger partial charge in [0.15, 0.2) is 0 Å². The Morgan fingerprint density at radius 2 is 1.57 bits per heavy atom. The summed E-state index contributed by atoms with van der Waals surface area (Å²) in [7, 11) is 2.15. The van der Waals surface area contributed by atoms with E-state index in [9.17, 15) is 0 Å². The molecule has 0 bridgehead atoms. The van der Waals surface area contributed by atoms with Crippen molar-refractivity contribution >= 4 is 0 Å². The van der Waals surface area contributed by atoms with Gasteiger partial charge < -0.3 is 4.90 Å². The molecule has 1 aromatic rings. The van der Waals surface area contributed by atoms with Crippen LogP contribution in [-0.2, 0) is 6.54 Å². The van der Waals surface area contributed by atoms with E-state index >= 15 is 0 Å². The van der Waals surface area contributed by atoms with Gasteiger partial charge in [0.2, 0.25) is 0 Å². The van der Waals surface area contributed by atoms with Crippen LogP contribution in [0.5, 0.6) is 0 Å². The molecule has 2 aliphatic rings. The molecule has 0 atom stereocenters. The van der Waals surface area contributed by atoms with Crippen molar-refractivity contribution in [2.75, 3.05) is 7.05 Å². The molecule has 1 heteroatoms. The molecule has 0 amide bonds. The summed E-state index contributed by atoms with van der Waals surface area (Å²) in [5.74, 6) is 6.61. The Labute approximate surface area is 130 Å². The lowest BCUT2D eigenvalue weighted by atomic mass is 9.98. The maximum absolute atomic E-state index is 3.31. The van der Waals surface area contributed by atoms with Crippen molar-refractivity contribution in [3.05, 3.63) is 58.8 Å². The number of hydrogen-bond acceptors (Lipinski definition) is 1. The minimum Gasteiger partial charge on any atom is -0.369 e. The standard InChI is InChI=1S/C16H15N.2C2H6/c1-17-12-15-8-3-2-6-13(15)10-11-14-7-4-5-9-16(14)17;2*1-2/h2-3,6-9H,4-5,12H2,1H3;2*1-2H3. The normalized spacial score (nSPS) is 14.8. The molecule has 0 saturated heterocycles. The van der Waals surface area contributed by atoms with Gasteiger partial charge in [0.25, 0.3) is 0 Å². The van der Waals surface area contributed by atoms with Crippen LogP contribution in [0.3, 0.4) is 0 Å². The Bertz CT molecular complexity index is 567. The second kappa shape index (κ2) is 9.08. The second-order valence-corrected chi connectivity index (χ2v) is 4.55. The van der Waals surface area contributed by atoms with E-state index in [1.807, 2.05) is 27.7 Å². The fourth-order valence-electron chi connectivity index (χ4n) is 2.39. The van der Waals surface area contributed by atoms with Crippen LogP contribution in [0.15, 0.2) is 47.7 Å². The molecular weight excluding hydrogens is 254 g/mol. The lowest BCUT2D eigenvalue weighted by Crippen LogP contribution is -2.21. The SMILES string of the molecule is CC.CC.CN1Cc2ccccc2C#CC2=CCCC=C21. The lowest BCUT2D eigenvalue weighted by molar-refractivity contribution is 0.416. The highest BCUT2D eigenvalue weighted by atomic mass is 15.1. The van der Waals surface area contributed by atoms with Crippen molar-refractivity contribution in [3.63, 3.8) is 0 Å². The molecule has 112 valence electrons. The molecule has 1 nitrogen and oxygen atoms in total. The summed E-state index contributed by atoms with van der Waals surface area (Å²) in [4.78, 5) is 2.30. The summed E-state index contributed by atoms with van der Waals surface area (Å²) in [5.41, 5.74) is 4.95. The quantitative estimate of drug-likeness (QED) is 0.595. The topological polar surface area (TPSA) is 3.24 Å². The molecule has 0 fully saturated rings. The second-order valence-electron chi connectivity index (χ2n) is 4.55. The van der Waals surface area contributed by atoms with Crippen LogP contribution in [0.25, 0.3) is 0 Å². The molecule has 1 aliphatic carbocycles. The number of rotatable bonds is 0. The first-order chi connectivity index (χ1) is 10.3. The number of allylic oxidation sites excluding steroid dienone is 3. The largest absolute Gasteiger partial charge is 0.369 e. The van der Waals surface area contributed by atoms with Crippen molar-refractivity contribution in [2.45, 2.75) is 47.1 Å². The highest BCUT2D eigenvalue weighted by Crippen LogP contribution is 2.25. The molecule has 0 radical (unpaired) electrons. The maximum atomic E-state index is 3.31. The van der Waals surface area contributed by atoms with Gasteiger partial charge in [-0.2, -0.15) is 0 Å². The van der Waals surface area contributed by atoms with Gasteiger partial charge in [-0.3, -0.25) is 0 Å². The Morgan fingerprint density at radius 3 is 2.33 bits per heavy atom. The smallest absolute Gasteiger partial charge is 0.0482 e.